The summed E-state index contributed by atoms with van der Waals surface area (Å²) >= 11 is 0. The largest absolute Gasteiger partial charge is 0.490 e. The van der Waals surface area contributed by atoms with Crippen molar-refractivity contribution in [3.8, 4) is 11.5 Å². The summed E-state index contributed by atoms with van der Waals surface area (Å²) in [7, 11) is 0. The quantitative estimate of drug-likeness (QED) is 0.372. The standard InChI is InChI=1S/C20H21F2N3O2.HI/c21-14-6-12(7-15(22)10-14)13-8-17(9-13)25-20(23)24-16-2-3-18-19(11-16)27-5-1-4-26-18;/h2-3,6-7,10-11,13,17H,1,4-5,8-9H2,(H3,23,24,25);1H. The van der Waals surface area contributed by atoms with Crippen LogP contribution in [0.5, 0.6) is 11.5 Å². The SMILES string of the molecule is I.NC(=NC1CC(c2cc(F)cc(F)c2)C1)Nc1ccc2c(c1)OCCCO2. The summed E-state index contributed by atoms with van der Waals surface area (Å²) in [6, 6.07) is 9.22. The molecule has 0 aromatic heterocycles. The molecule has 1 heterocycles. The van der Waals surface area contributed by atoms with Gasteiger partial charge in [-0.1, -0.05) is 0 Å². The van der Waals surface area contributed by atoms with Gasteiger partial charge >= 0.3 is 0 Å². The predicted molar refractivity (Wildman–Crippen MR) is 115 cm³/mol. The van der Waals surface area contributed by atoms with Crippen LogP contribution in [0.15, 0.2) is 41.4 Å². The van der Waals surface area contributed by atoms with Gasteiger partial charge in [0.05, 0.1) is 19.3 Å². The minimum Gasteiger partial charge on any atom is -0.490 e. The number of aliphatic imine (C=N–C) groups is 1. The summed E-state index contributed by atoms with van der Waals surface area (Å²) in [6.07, 6.45) is 2.28. The fraction of sp³-hybridized carbons (Fsp3) is 0.350. The minimum atomic E-state index is -0.549. The summed E-state index contributed by atoms with van der Waals surface area (Å²) in [5.41, 5.74) is 7.44. The summed E-state index contributed by atoms with van der Waals surface area (Å²) < 4.78 is 37.9. The first-order chi connectivity index (χ1) is 13.1. The third-order valence-electron chi connectivity index (χ3n) is 4.81. The van der Waals surface area contributed by atoms with Gasteiger partial charge in [-0.15, -0.1) is 24.0 Å². The van der Waals surface area contributed by atoms with E-state index in [0.717, 1.165) is 23.9 Å². The monoisotopic (exact) mass is 501 g/mol. The Kier molecular flexibility index (Phi) is 6.58. The molecule has 1 fully saturated rings. The van der Waals surface area contributed by atoms with Crippen molar-refractivity contribution >= 4 is 35.6 Å². The lowest BCUT2D eigenvalue weighted by atomic mass is 9.76. The van der Waals surface area contributed by atoms with E-state index in [1.54, 1.807) is 0 Å². The van der Waals surface area contributed by atoms with Crippen molar-refractivity contribution in [1.29, 1.82) is 0 Å². The maximum absolute atomic E-state index is 13.3. The Morgan fingerprint density at radius 3 is 2.39 bits per heavy atom. The van der Waals surface area contributed by atoms with Crippen LogP contribution < -0.4 is 20.5 Å². The van der Waals surface area contributed by atoms with Crippen LogP contribution in [0.3, 0.4) is 0 Å². The first kappa shape index (κ1) is 20.6. The molecule has 0 spiro atoms. The number of nitrogens with two attached hydrogens (primary N) is 1. The van der Waals surface area contributed by atoms with Crippen LogP contribution in [0.2, 0.25) is 0 Å². The van der Waals surface area contributed by atoms with Crippen molar-refractivity contribution in [2.24, 2.45) is 10.7 Å². The highest BCUT2D eigenvalue weighted by atomic mass is 127. The van der Waals surface area contributed by atoms with Crippen molar-refractivity contribution in [1.82, 2.24) is 0 Å². The van der Waals surface area contributed by atoms with Crippen LogP contribution in [-0.2, 0) is 0 Å². The van der Waals surface area contributed by atoms with Crippen LogP contribution in [-0.4, -0.2) is 25.2 Å². The molecule has 1 saturated carbocycles. The third kappa shape index (κ3) is 4.84. The Bertz CT molecular complexity index is 852. The number of halogens is 3. The first-order valence-corrected chi connectivity index (χ1v) is 9.03. The van der Waals surface area contributed by atoms with E-state index in [-0.39, 0.29) is 35.9 Å². The number of guanidine groups is 1. The van der Waals surface area contributed by atoms with Crippen LogP contribution in [0, 0.1) is 11.6 Å². The molecule has 8 heteroatoms. The molecule has 0 atom stereocenters. The van der Waals surface area contributed by atoms with E-state index in [4.69, 9.17) is 15.2 Å². The Morgan fingerprint density at radius 1 is 1.00 bits per heavy atom. The van der Waals surface area contributed by atoms with Crippen LogP contribution >= 0.6 is 24.0 Å². The molecule has 0 saturated heterocycles. The average Bonchev–Trinajstić information content (AvgIpc) is 2.81. The fourth-order valence-electron chi connectivity index (χ4n) is 3.39. The second-order valence-electron chi connectivity index (χ2n) is 6.88. The summed E-state index contributed by atoms with van der Waals surface area (Å²) in [6.45, 7) is 1.26. The molecular formula is C20H22F2IN3O2. The number of hydrogen-bond donors (Lipinski definition) is 2. The highest BCUT2D eigenvalue weighted by Crippen LogP contribution is 2.39. The number of ether oxygens (including phenoxy) is 2. The number of rotatable bonds is 3. The number of fused-ring (bicyclic) bond motifs is 1. The van der Waals surface area contributed by atoms with Gasteiger partial charge in [0.15, 0.2) is 17.5 Å². The lowest BCUT2D eigenvalue weighted by Gasteiger charge is -2.33. The summed E-state index contributed by atoms with van der Waals surface area (Å²) in [5, 5.41) is 3.06. The molecule has 0 bridgehead atoms. The van der Waals surface area contributed by atoms with E-state index in [1.165, 1.54) is 12.1 Å². The number of nitrogens with zero attached hydrogens (tertiary/aromatic N) is 1. The highest BCUT2D eigenvalue weighted by Gasteiger charge is 2.31. The number of nitrogens with one attached hydrogen (secondary N) is 1. The van der Waals surface area contributed by atoms with Gasteiger partial charge in [0.2, 0.25) is 0 Å². The molecule has 2 aliphatic rings. The predicted octanol–water partition coefficient (Wildman–Crippen LogP) is 4.42. The highest BCUT2D eigenvalue weighted by molar-refractivity contribution is 14.0. The maximum atomic E-state index is 13.3. The zero-order chi connectivity index (χ0) is 18.8. The van der Waals surface area contributed by atoms with Crippen molar-refractivity contribution in [3.63, 3.8) is 0 Å². The van der Waals surface area contributed by atoms with Gasteiger partial charge in [0.25, 0.3) is 0 Å². The van der Waals surface area contributed by atoms with E-state index < -0.39 is 11.6 Å². The van der Waals surface area contributed by atoms with Gasteiger partial charge in [-0.05, 0) is 48.6 Å². The number of hydrogen-bond acceptors (Lipinski definition) is 3. The van der Waals surface area contributed by atoms with E-state index in [1.807, 2.05) is 18.2 Å². The molecule has 4 rings (SSSR count). The van der Waals surface area contributed by atoms with Crippen molar-refractivity contribution in [2.75, 3.05) is 18.5 Å². The molecular weight excluding hydrogens is 479 g/mol. The van der Waals surface area contributed by atoms with Crippen molar-refractivity contribution < 1.29 is 18.3 Å². The Hall–Kier alpha value is -2.10. The smallest absolute Gasteiger partial charge is 0.193 e. The average molecular weight is 501 g/mol. The van der Waals surface area contributed by atoms with Gasteiger partial charge in [-0.2, -0.15) is 0 Å². The summed E-state index contributed by atoms with van der Waals surface area (Å²) in [4.78, 5) is 4.45. The normalized spacial score (nSPS) is 21.1. The van der Waals surface area contributed by atoms with Gasteiger partial charge in [-0.25, -0.2) is 13.8 Å². The molecule has 1 aliphatic carbocycles. The molecule has 0 amide bonds. The molecule has 1 aliphatic heterocycles. The van der Waals surface area contributed by atoms with Gasteiger partial charge in [-0.3, -0.25) is 0 Å². The zero-order valence-corrected chi connectivity index (χ0v) is 17.5. The Balaban J connectivity index is 0.00000225. The van der Waals surface area contributed by atoms with E-state index in [2.05, 4.69) is 10.3 Å². The molecule has 0 radical (unpaired) electrons. The second-order valence-corrected chi connectivity index (χ2v) is 6.88. The van der Waals surface area contributed by atoms with E-state index in [9.17, 15) is 8.78 Å². The lowest BCUT2D eigenvalue weighted by molar-refractivity contribution is 0.297. The minimum absolute atomic E-state index is 0. The summed E-state index contributed by atoms with van der Waals surface area (Å²) in [5.74, 6) is 0.716. The van der Waals surface area contributed by atoms with Crippen LogP contribution in [0.4, 0.5) is 14.5 Å². The van der Waals surface area contributed by atoms with Gasteiger partial charge < -0.3 is 20.5 Å². The topological polar surface area (TPSA) is 68.9 Å². The zero-order valence-electron chi connectivity index (χ0n) is 15.2. The van der Waals surface area contributed by atoms with Crippen LogP contribution in [0.25, 0.3) is 0 Å². The lowest BCUT2D eigenvalue weighted by Crippen LogP contribution is -2.31. The number of benzene rings is 2. The molecule has 28 heavy (non-hydrogen) atoms. The van der Waals surface area contributed by atoms with Gasteiger partial charge in [0.1, 0.15) is 11.6 Å². The van der Waals surface area contributed by atoms with Crippen molar-refractivity contribution in [2.45, 2.75) is 31.2 Å². The molecule has 2 aromatic carbocycles. The first-order valence-electron chi connectivity index (χ1n) is 9.03. The fourth-order valence-corrected chi connectivity index (χ4v) is 3.39. The molecule has 2 aromatic rings. The van der Waals surface area contributed by atoms with Crippen molar-refractivity contribution in [3.05, 3.63) is 53.6 Å². The molecule has 3 N–H and O–H groups in total. The maximum Gasteiger partial charge on any atom is 0.193 e. The second kappa shape index (κ2) is 8.93. The number of anilines is 1. The van der Waals surface area contributed by atoms with Crippen LogP contribution in [0.1, 0.15) is 30.7 Å². The van der Waals surface area contributed by atoms with E-state index in [0.29, 0.717) is 43.3 Å². The Labute approximate surface area is 179 Å². The molecule has 0 unspecified atom stereocenters. The third-order valence-corrected chi connectivity index (χ3v) is 4.81. The molecule has 150 valence electrons. The Morgan fingerprint density at radius 2 is 1.68 bits per heavy atom. The van der Waals surface area contributed by atoms with Gasteiger partial charge in [0, 0.05) is 24.2 Å². The molecule has 5 nitrogen and oxygen atoms in total. The van der Waals surface area contributed by atoms with E-state index >= 15 is 0 Å².